The molecule has 2 fully saturated rings. The zero-order valence-corrected chi connectivity index (χ0v) is 39.6. The van der Waals surface area contributed by atoms with E-state index in [-0.39, 0.29) is 34.9 Å². The van der Waals surface area contributed by atoms with Crippen molar-refractivity contribution in [2.45, 2.75) is 104 Å². The van der Waals surface area contributed by atoms with Crippen LogP contribution in [0.3, 0.4) is 0 Å². The summed E-state index contributed by atoms with van der Waals surface area (Å²) in [5.41, 5.74) is 7.72. The molecule has 66 heavy (non-hydrogen) atoms. The van der Waals surface area contributed by atoms with E-state index < -0.39 is 0 Å². The van der Waals surface area contributed by atoms with Crippen molar-refractivity contribution in [1.29, 1.82) is 0 Å². The van der Waals surface area contributed by atoms with Crippen molar-refractivity contribution >= 4 is 5.78 Å². The van der Waals surface area contributed by atoms with Gasteiger partial charge in [-0.15, -0.1) is 0 Å². The number of nitrogens with zero attached hydrogens (tertiary/aromatic N) is 8. The number of pyridine rings is 2. The highest BCUT2D eigenvalue weighted by Crippen LogP contribution is 2.40. The second-order valence-corrected chi connectivity index (χ2v) is 20.1. The summed E-state index contributed by atoms with van der Waals surface area (Å²) in [6, 6.07) is 25.4. The highest BCUT2D eigenvalue weighted by molar-refractivity contribution is 5.85. The Bertz CT molecular complexity index is 2320. The molecule has 0 amide bonds. The first-order valence-electron chi connectivity index (χ1n) is 23.8. The van der Waals surface area contributed by atoms with Gasteiger partial charge in [0.05, 0.1) is 0 Å². The van der Waals surface area contributed by atoms with Crippen LogP contribution < -0.4 is 9.47 Å². The van der Waals surface area contributed by atoms with Crippen LogP contribution in [0.1, 0.15) is 89.7 Å². The van der Waals surface area contributed by atoms with E-state index in [1.165, 1.54) is 11.1 Å². The van der Waals surface area contributed by atoms with Crippen molar-refractivity contribution in [3.05, 3.63) is 145 Å². The summed E-state index contributed by atoms with van der Waals surface area (Å²) in [5, 5.41) is 0. The van der Waals surface area contributed by atoms with Crippen molar-refractivity contribution in [3.63, 3.8) is 0 Å². The number of piperidine rings is 2. The van der Waals surface area contributed by atoms with E-state index >= 15 is 4.79 Å². The fourth-order valence-corrected chi connectivity index (χ4v) is 9.88. The standard InChI is InChI=1S/C55H66N8O3/c1-54(2,3)65-52-49(58-25-27-60-52)37-62-29-19-39(20-30-62)47(33-41-13-7-9-17-45(41)43-15-11-23-56-35-43)51(64)48(34-42-14-8-10-18-46(42)44-16-12-24-57-36-44)40-21-31-63(32-22-40)38-50-53(61-28-26-59-50)66-55(4,5)6/h7-18,23-28,35-36,39-40,47-48H,19-22,29-34,37-38H2,1-6H3. The van der Waals surface area contributed by atoms with Crippen LogP contribution in [-0.2, 0) is 30.7 Å². The molecule has 11 heteroatoms. The Morgan fingerprint density at radius 1 is 0.545 bits per heavy atom. The summed E-state index contributed by atoms with van der Waals surface area (Å²) >= 11 is 0. The fraction of sp³-hybridized carbons (Fsp3) is 0.436. The summed E-state index contributed by atoms with van der Waals surface area (Å²) in [5.74, 6) is 1.62. The summed E-state index contributed by atoms with van der Waals surface area (Å²) in [6.07, 6.45) is 19.4. The average Bonchev–Trinajstić information content (AvgIpc) is 3.31. The maximum Gasteiger partial charge on any atom is 0.237 e. The highest BCUT2D eigenvalue weighted by atomic mass is 16.5. The quantitative estimate of drug-likeness (QED) is 0.0924. The van der Waals surface area contributed by atoms with Crippen LogP contribution in [0.2, 0.25) is 0 Å². The molecule has 0 bridgehead atoms. The van der Waals surface area contributed by atoms with E-state index in [0.717, 1.165) is 85.5 Å². The van der Waals surface area contributed by atoms with Crippen molar-refractivity contribution in [2.24, 2.45) is 23.7 Å². The van der Waals surface area contributed by atoms with E-state index in [1.54, 1.807) is 24.8 Å². The Kier molecular flexibility index (Phi) is 14.9. The Morgan fingerprint density at radius 3 is 1.32 bits per heavy atom. The molecule has 0 saturated carbocycles. The number of aromatic nitrogens is 6. The maximum atomic E-state index is 16.1. The zero-order chi connectivity index (χ0) is 46.1. The van der Waals surface area contributed by atoms with Crippen LogP contribution in [0, 0.1) is 23.7 Å². The van der Waals surface area contributed by atoms with Crippen LogP contribution >= 0.6 is 0 Å². The Labute approximate surface area is 391 Å². The summed E-state index contributed by atoms with van der Waals surface area (Å²) < 4.78 is 12.5. The summed E-state index contributed by atoms with van der Waals surface area (Å²) in [4.78, 5) is 48.6. The number of likely N-dealkylation sites (tertiary alicyclic amines) is 2. The van der Waals surface area contributed by atoms with Gasteiger partial charge in [-0.3, -0.25) is 34.5 Å². The van der Waals surface area contributed by atoms with Gasteiger partial charge in [-0.05, 0) is 152 Å². The van der Waals surface area contributed by atoms with Gasteiger partial charge in [-0.1, -0.05) is 60.7 Å². The van der Waals surface area contributed by atoms with Gasteiger partial charge in [0.2, 0.25) is 11.8 Å². The fourth-order valence-electron chi connectivity index (χ4n) is 9.88. The van der Waals surface area contributed by atoms with Gasteiger partial charge in [0, 0.05) is 85.6 Å². The third-order valence-electron chi connectivity index (χ3n) is 13.0. The minimum Gasteiger partial charge on any atom is -0.471 e. The largest absolute Gasteiger partial charge is 0.471 e. The molecule has 0 aliphatic carbocycles. The number of rotatable bonds is 16. The molecule has 6 heterocycles. The first kappa shape index (κ1) is 46.6. The molecule has 8 rings (SSSR count). The van der Waals surface area contributed by atoms with Crippen molar-refractivity contribution in [2.75, 3.05) is 26.2 Å². The number of ether oxygens (including phenoxy) is 2. The summed E-state index contributed by atoms with van der Waals surface area (Å²) in [7, 11) is 0. The van der Waals surface area contributed by atoms with Crippen molar-refractivity contribution in [1.82, 2.24) is 39.7 Å². The topological polar surface area (TPSA) is 119 Å². The number of hydrogen-bond acceptors (Lipinski definition) is 11. The number of hydrogen-bond donors (Lipinski definition) is 0. The van der Waals surface area contributed by atoms with Gasteiger partial charge in [0.25, 0.3) is 0 Å². The first-order valence-corrected chi connectivity index (χ1v) is 23.8. The smallest absolute Gasteiger partial charge is 0.237 e. The molecular formula is C55H66N8O3. The lowest BCUT2D eigenvalue weighted by Gasteiger charge is -2.40. The molecule has 2 aliphatic rings. The molecule has 11 nitrogen and oxygen atoms in total. The van der Waals surface area contributed by atoms with E-state index in [1.807, 2.05) is 78.5 Å². The average molecular weight is 887 g/mol. The number of Topliss-reactive ketones (excluding diaryl/α,β-unsaturated/α-hetero) is 1. The minimum atomic E-state index is -0.385. The molecule has 2 atom stereocenters. The molecule has 2 saturated heterocycles. The van der Waals surface area contributed by atoms with Crippen molar-refractivity contribution in [3.8, 4) is 34.0 Å². The number of benzene rings is 2. The number of ketones is 1. The predicted octanol–water partition coefficient (Wildman–Crippen LogP) is 10.2. The molecule has 344 valence electrons. The van der Waals surface area contributed by atoms with Gasteiger partial charge >= 0.3 is 0 Å². The molecule has 6 aromatic rings. The predicted molar refractivity (Wildman–Crippen MR) is 260 cm³/mol. The lowest BCUT2D eigenvalue weighted by Crippen LogP contribution is -2.44. The Balaban J connectivity index is 1.10. The van der Waals surface area contributed by atoms with Gasteiger partial charge in [0.1, 0.15) is 28.4 Å². The third kappa shape index (κ3) is 12.3. The monoisotopic (exact) mass is 887 g/mol. The van der Waals surface area contributed by atoms with Crippen LogP contribution in [0.25, 0.3) is 22.3 Å². The molecule has 0 radical (unpaired) electrons. The molecule has 2 aliphatic heterocycles. The van der Waals surface area contributed by atoms with Crippen LogP contribution in [-0.4, -0.2) is 82.9 Å². The lowest BCUT2D eigenvalue weighted by atomic mass is 9.68. The Hall–Kier alpha value is -5.91. The van der Waals surface area contributed by atoms with Crippen LogP contribution in [0.5, 0.6) is 11.8 Å². The van der Waals surface area contributed by atoms with Gasteiger partial charge < -0.3 is 9.47 Å². The SMILES string of the molecule is CC(C)(C)Oc1nccnc1CN1CCC(C(Cc2ccccc2-c2cccnc2)C(=O)C(Cc2ccccc2-c2cccnc2)C2CCN(Cc3nccnc3OC(C)(C)C)CC2)CC1. The maximum absolute atomic E-state index is 16.1. The molecular weight excluding hydrogens is 821 g/mol. The van der Waals surface area contributed by atoms with Gasteiger partial charge in [-0.25, -0.2) is 9.97 Å². The molecule has 2 unspecified atom stereocenters. The van der Waals surface area contributed by atoms with E-state index in [0.29, 0.717) is 43.5 Å². The molecule has 0 spiro atoms. The second kappa shape index (κ2) is 21.2. The normalized spacial score (nSPS) is 16.7. The van der Waals surface area contributed by atoms with Gasteiger partial charge in [-0.2, -0.15) is 0 Å². The number of carbonyl (C=O) groups is 1. The van der Waals surface area contributed by atoms with Crippen LogP contribution in [0.15, 0.2) is 122 Å². The Morgan fingerprint density at radius 2 is 0.939 bits per heavy atom. The van der Waals surface area contributed by atoms with E-state index in [2.05, 4.69) is 90.4 Å². The molecule has 2 aromatic carbocycles. The second-order valence-electron chi connectivity index (χ2n) is 20.1. The zero-order valence-electron chi connectivity index (χ0n) is 39.6. The minimum absolute atomic E-state index is 0.174. The highest BCUT2D eigenvalue weighted by Gasteiger charge is 2.40. The van der Waals surface area contributed by atoms with Crippen LogP contribution in [0.4, 0.5) is 0 Å². The van der Waals surface area contributed by atoms with Gasteiger partial charge in [0.15, 0.2) is 0 Å². The first-order chi connectivity index (χ1) is 31.9. The summed E-state index contributed by atoms with van der Waals surface area (Å²) in [6.45, 7) is 17.0. The lowest BCUT2D eigenvalue weighted by molar-refractivity contribution is -0.131. The molecule has 0 N–H and O–H groups in total. The number of carbonyl (C=O) groups excluding carboxylic acids is 1. The van der Waals surface area contributed by atoms with E-state index in [4.69, 9.17) is 19.4 Å². The van der Waals surface area contributed by atoms with Crippen molar-refractivity contribution < 1.29 is 14.3 Å². The molecule has 4 aromatic heterocycles. The van der Waals surface area contributed by atoms with E-state index in [9.17, 15) is 0 Å². The third-order valence-corrected chi connectivity index (χ3v) is 13.0.